The Hall–Kier alpha value is -1.32. The Balaban J connectivity index is 2.50. The van der Waals surface area contributed by atoms with Crippen molar-refractivity contribution in [3.63, 3.8) is 0 Å². The van der Waals surface area contributed by atoms with Crippen LogP contribution in [0.5, 0.6) is 5.75 Å². The first-order valence-corrected chi connectivity index (χ1v) is 4.91. The molecule has 0 aliphatic rings. The fourth-order valence-electron chi connectivity index (χ4n) is 1.27. The highest BCUT2D eigenvalue weighted by Crippen LogP contribution is 2.16. The van der Waals surface area contributed by atoms with Gasteiger partial charge < -0.3 is 15.2 Å². The topological polar surface area (TPSA) is 41.5 Å². The largest absolute Gasteiger partial charge is 0.497 e. The zero-order valence-corrected chi connectivity index (χ0v) is 8.94. The molecular weight excluding hydrogens is 190 g/mol. The van der Waals surface area contributed by atoms with E-state index in [1.165, 1.54) is 0 Å². The predicted octanol–water partition coefficient (Wildman–Crippen LogP) is 1.50. The third kappa shape index (κ3) is 3.73. The Bertz CT molecular complexity index is 295. The number of hydrogen-bond donors (Lipinski definition) is 2. The van der Waals surface area contributed by atoms with Crippen molar-refractivity contribution in [2.75, 3.05) is 20.2 Å². The van der Waals surface area contributed by atoms with Gasteiger partial charge in [0.05, 0.1) is 13.2 Å². The van der Waals surface area contributed by atoms with Crippen molar-refractivity contribution in [1.29, 1.82) is 0 Å². The Kier molecular flexibility index (Phi) is 4.87. The summed E-state index contributed by atoms with van der Waals surface area (Å²) in [7, 11) is 1.62. The standard InChI is InChI=1S/C12H17NO2/c1-3-8-13-9-12(14)10-4-6-11(15-2)7-5-10/h3-7,12-14H,1,8-9H2,2H3. The van der Waals surface area contributed by atoms with Gasteiger partial charge in [0.15, 0.2) is 0 Å². The van der Waals surface area contributed by atoms with Crippen LogP contribution < -0.4 is 10.1 Å². The van der Waals surface area contributed by atoms with E-state index in [9.17, 15) is 5.11 Å². The second-order valence-electron chi connectivity index (χ2n) is 3.24. The number of benzene rings is 1. The van der Waals surface area contributed by atoms with Crippen LogP contribution in [0.25, 0.3) is 0 Å². The number of nitrogens with one attached hydrogen (secondary N) is 1. The molecule has 82 valence electrons. The molecule has 3 heteroatoms. The summed E-state index contributed by atoms with van der Waals surface area (Å²) in [5.41, 5.74) is 0.882. The molecule has 0 aliphatic carbocycles. The number of aliphatic hydroxyl groups is 1. The maximum absolute atomic E-state index is 9.77. The number of rotatable bonds is 6. The maximum Gasteiger partial charge on any atom is 0.118 e. The number of ether oxygens (including phenoxy) is 1. The molecule has 1 rings (SSSR count). The van der Waals surface area contributed by atoms with Crippen LogP contribution in [0.15, 0.2) is 36.9 Å². The minimum absolute atomic E-state index is 0.490. The SMILES string of the molecule is C=CCNCC(O)c1ccc(OC)cc1. The Morgan fingerprint density at radius 3 is 2.67 bits per heavy atom. The van der Waals surface area contributed by atoms with E-state index < -0.39 is 6.10 Å². The summed E-state index contributed by atoms with van der Waals surface area (Å²) in [6.45, 7) is 4.82. The van der Waals surface area contributed by atoms with Crippen LogP contribution >= 0.6 is 0 Å². The van der Waals surface area contributed by atoms with Gasteiger partial charge >= 0.3 is 0 Å². The van der Waals surface area contributed by atoms with Crippen LogP contribution in [0.1, 0.15) is 11.7 Å². The van der Waals surface area contributed by atoms with Crippen LogP contribution in [-0.4, -0.2) is 25.3 Å². The van der Waals surface area contributed by atoms with E-state index in [0.717, 1.165) is 11.3 Å². The minimum atomic E-state index is -0.490. The van der Waals surface area contributed by atoms with E-state index in [0.29, 0.717) is 13.1 Å². The lowest BCUT2D eigenvalue weighted by Crippen LogP contribution is -2.21. The normalized spacial score (nSPS) is 12.1. The van der Waals surface area contributed by atoms with E-state index in [1.807, 2.05) is 24.3 Å². The summed E-state index contributed by atoms with van der Waals surface area (Å²) in [5.74, 6) is 0.796. The highest BCUT2D eigenvalue weighted by atomic mass is 16.5. The fourth-order valence-corrected chi connectivity index (χ4v) is 1.27. The summed E-state index contributed by atoms with van der Waals surface area (Å²) in [6, 6.07) is 7.40. The van der Waals surface area contributed by atoms with Crippen LogP contribution in [0.3, 0.4) is 0 Å². The molecule has 0 amide bonds. The molecule has 1 unspecified atom stereocenters. The molecule has 0 bridgehead atoms. The van der Waals surface area contributed by atoms with Crippen LogP contribution in [0.2, 0.25) is 0 Å². The zero-order chi connectivity index (χ0) is 11.1. The molecule has 15 heavy (non-hydrogen) atoms. The lowest BCUT2D eigenvalue weighted by molar-refractivity contribution is 0.176. The molecule has 1 aromatic carbocycles. The monoisotopic (exact) mass is 207 g/mol. The Labute approximate surface area is 90.4 Å². The van der Waals surface area contributed by atoms with Crippen molar-refractivity contribution in [2.24, 2.45) is 0 Å². The maximum atomic E-state index is 9.77. The molecule has 0 radical (unpaired) electrons. The first-order valence-electron chi connectivity index (χ1n) is 4.91. The van der Waals surface area contributed by atoms with Gasteiger partial charge in [-0.25, -0.2) is 0 Å². The number of hydrogen-bond acceptors (Lipinski definition) is 3. The summed E-state index contributed by atoms with van der Waals surface area (Å²) < 4.78 is 5.04. The summed E-state index contributed by atoms with van der Waals surface area (Å²) in [4.78, 5) is 0. The van der Waals surface area contributed by atoms with E-state index >= 15 is 0 Å². The van der Waals surface area contributed by atoms with Gasteiger partial charge in [0.1, 0.15) is 5.75 Å². The van der Waals surface area contributed by atoms with E-state index in [4.69, 9.17) is 4.74 Å². The lowest BCUT2D eigenvalue weighted by atomic mass is 10.1. The van der Waals surface area contributed by atoms with Gasteiger partial charge in [-0.1, -0.05) is 18.2 Å². The third-order valence-corrected chi connectivity index (χ3v) is 2.13. The van der Waals surface area contributed by atoms with Crippen LogP contribution in [0.4, 0.5) is 0 Å². The molecule has 1 atom stereocenters. The molecule has 0 saturated heterocycles. The van der Waals surface area contributed by atoms with Crippen molar-refractivity contribution in [3.05, 3.63) is 42.5 Å². The highest BCUT2D eigenvalue weighted by molar-refractivity contribution is 5.28. The first kappa shape index (κ1) is 11.8. The smallest absolute Gasteiger partial charge is 0.118 e. The van der Waals surface area contributed by atoms with E-state index in [1.54, 1.807) is 13.2 Å². The van der Waals surface area contributed by atoms with Crippen molar-refractivity contribution in [3.8, 4) is 5.75 Å². The average molecular weight is 207 g/mol. The Morgan fingerprint density at radius 1 is 1.47 bits per heavy atom. The van der Waals surface area contributed by atoms with Crippen molar-refractivity contribution >= 4 is 0 Å². The van der Waals surface area contributed by atoms with Gasteiger partial charge in [-0.2, -0.15) is 0 Å². The molecule has 1 aromatic rings. The second kappa shape index (κ2) is 6.22. The fraction of sp³-hybridized carbons (Fsp3) is 0.333. The molecular formula is C12H17NO2. The third-order valence-electron chi connectivity index (χ3n) is 2.13. The number of methoxy groups -OCH3 is 1. The molecule has 2 N–H and O–H groups in total. The molecule has 0 aliphatic heterocycles. The molecule has 3 nitrogen and oxygen atoms in total. The molecule has 0 aromatic heterocycles. The van der Waals surface area contributed by atoms with Crippen LogP contribution in [-0.2, 0) is 0 Å². The summed E-state index contributed by atoms with van der Waals surface area (Å²) in [5, 5.41) is 12.8. The van der Waals surface area contributed by atoms with Gasteiger partial charge in [0.25, 0.3) is 0 Å². The molecule has 0 saturated carbocycles. The zero-order valence-electron chi connectivity index (χ0n) is 8.94. The molecule has 0 spiro atoms. The Morgan fingerprint density at radius 2 is 2.13 bits per heavy atom. The van der Waals surface area contributed by atoms with Crippen molar-refractivity contribution < 1.29 is 9.84 Å². The second-order valence-corrected chi connectivity index (χ2v) is 3.24. The van der Waals surface area contributed by atoms with Crippen molar-refractivity contribution in [1.82, 2.24) is 5.32 Å². The summed E-state index contributed by atoms with van der Waals surface area (Å²) >= 11 is 0. The van der Waals surface area contributed by atoms with Gasteiger partial charge in [0, 0.05) is 13.1 Å². The van der Waals surface area contributed by atoms with Crippen LogP contribution in [0, 0.1) is 0 Å². The van der Waals surface area contributed by atoms with Gasteiger partial charge in [0.2, 0.25) is 0 Å². The lowest BCUT2D eigenvalue weighted by Gasteiger charge is -2.11. The molecule has 0 fully saturated rings. The summed E-state index contributed by atoms with van der Waals surface area (Å²) in [6.07, 6.45) is 1.27. The first-order chi connectivity index (χ1) is 7.27. The van der Waals surface area contributed by atoms with E-state index in [-0.39, 0.29) is 0 Å². The van der Waals surface area contributed by atoms with Crippen molar-refractivity contribution in [2.45, 2.75) is 6.10 Å². The highest BCUT2D eigenvalue weighted by Gasteiger charge is 2.05. The van der Waals surface area contributed by atoms with E-state index in [2.05, 4.69) is 11.9 Å². The molecule has 0 heterocycles. The van der Waals surface area contributed by atoms with Gasteiger partial charge in [-0.3, -0.25) is 0 Å². The average Bonchev–Trinajstić information content (AvgIpc) is 2.29. The number of aliphatic hydroxyl groups excluding tert-OH is 1. The van der Waals surface area contributed by atoms with Gasteiger partial charge in [-0.15, -0.1) is 6.58 Å². The van der Waals surface area contributed by atoms with Gasteiger partial charge in [-0.05, 0) is 17.7 Å². The predicted molar refractivity (Wildman–Crippen MR) is 61.0 cm³/mol. The quantitative estimate of drug-likeness (QED) is 0.548. The minimum Gasteiger partial charge on any atom is -0.497 e.